The first-order chi connectivity index (χ1) is 14.7. The number of aromatic amines is 1. The molecule has 1 heterocycles. The topological polar surface area (TPSA) is 166 Å². The van der Waals surface area contributed by atoms with Gasteiger partial charge in [0.05, 0.1) is 19.1 Å². The molecule has 1 aromatic heterocycles. The van der Waals surface area contributed by atoms with Crippen molar-refractivity contribution in [1.29, 1.82) is 0 Å². The molecule has 0 fully saturated rings. The van der Waals surface area contributed by atoms with Crippen LogP contribution in [0.15, 0.2) is 30.5 Å². The van der Waals surface area contributed by atoms with Crippen LogP contribution in [-0.2, 0) is 25.6 Å². The zero-order valence-corrected chi connectivity index (χ0v) is 17.6. The number of nitrogens with two attached hydrogens (primary N) is 1. The fourth-order valence-corrected chi connectivity index (χ4v) is 3.12. The lowest BCUT2D eigenvalue weighted by molar-refractivity contribution is -0.141. The number of hydrogen-bond donors (Lipinski definition) is 6. The molecule has 3 amide bonds. The van der Waals surface area contributed by atoms with Gasteiger partial charge in [-0.05, 0) is 24.0 Å². The number of carbonyl (C=O) groups excluding carboxylic acids is 3. The van der Waals surface area contributed by atoms with E-state index in [0.717, 1.165) is 16.5 Å². The van der Waals surface area contributed by atoms with Crippen molar-refractivity contribution in [3.63, 3.8) is 0 Å². The first-order valence-electron chi connectivity index (χ1n) is 10.0. The number of rotatable bonds is 11. The molecule has 0 saturated carbocycles. The minimum Gasteiger partial charge on any atom is -0.480 e. The van der Waals surface area contributed by atoms with Gasteiger partial charge in [-0.15, -0.1) is 0 Å². The Morgan fingerprint density at radius 3 is 2.42 bits per heavy atom. The van der Waals surface area contributed by atoms with Crippen LogP contribution in [0.1, 0.15) is 25.8 Å². The molecule has 10 nitrogen and oxygen atoms in total. The number of carboxylic acid groups (broad SMARTS) is 1. The number of amides is 3. The van der Waals surface area contributed by atoms with Crippen LogP contribution in [-0.4, -0.2) is 59.0 Å². The highest BCUT2D eigenvalue weighted by atomic mass is 16.4. The zero-order chi connectivity index (χ0) is 23.0. The second-order valence-electron chi connectivity index (χ2n) is 7.75. The summed E-state index contributed by atoms with van der Waals surface area (Å²) in [6.07, 6.45) is 2.28. The molecule has 2 unspecified atom stereocenters. The number of H-pyrrole nitrogens is 1. The van der Waals surface area contributed by atoms with Crippen LogP contribution in [0.5, 0.6) is 0 Å². The van der Waals surface area contributed by atoms with Crippen molar-refractivity contribution in [3.05, 3.63) is 36.0 Å². The van der Waals surface area contributed by atoms with Crippen molar-refractivity contribution in [2.75, 3.05) is 13.1 Å². The van der Waals surface area contributed by atoms with Gasteiger partial charge >= 0.3 is 5.97 Å². The van der Waals surface area contributed by atoms with Crippen LogP contribution in [0.3, 0.4) is 0 Å². The Bertz CT molecular complexity index is 939. The molecular formula is C21H29N5O5. The lowest BCUT2D eigenvalue weighted by Gasteiger charge is -2.15. The molecule has 0 radical (unpaired) electrons. The lowest BCUT2D eigenvalue weighted by atomic mass is 10.0. The number of hydrogen-bond acceptors (Lipinski definition) is 5. The molecule has 0 saturated heterocycles. The molecule has 168 valence electrons. The molecule has 7 N–H and O–H groups in total. The van der Waals surface area contributed by atoms with Gasteiger partial charge in [-0.25, -0.2) is 4.79 Å². The second kappa shape index (κ2) is 11.1. The van der Waals surface area contributed by atoms with Crippen molar-refractivity contribution in [3.8, 4) is 0 Å². The number of benzene rings is 1. The van der Waals surface area contributed by atoms with E-state index in [1.54, 1.807) is 6.20 Å². The summed E-state index contributed by atoms with van der Waals surface area (Å²) in [5.41, 5.74) is 7.36. The maximum atomic E-state index is 12.1. The number of nitrogens with one attached hydrogen (secondary N) is 4. The fraction of sp³-hybridized carbons (Fsp3) is 0.429. The number of carbonyl (C=O) groups is 4. The molecule has 0 aliphatic carbocycles. The van der Waals surface area contributed by atoms with E-state index in [0.29, 0.717) is 6.42 Å². The number of aromatic nitrogens is 1. The molecule has 2 aromatic rings. The summed E-state index contributed by atoms with van der Waals surface area (Å²) in [4.78, 5) is 50.4. The summed E-state index contributed by atoms with van der Waals surface area (Å²) in [5.74, 6) is -2.62. The molecule has 31 heavy (non-hydrogen) atoms. The van der Waals surface area contributed by atoms with Crippen molar-refractivity contribution in [2.24, 2.45) is 11.7 Å². The molecule has 0 aliphatic rings. The van der Waals surface area contributed by atoms with Crippen molar-refractivity contribution < 1.29 is 24.3 Å². The molecule has 0 aliphatic heterocycles. The Labute approximate surface area is 179 Å². The highest BCUT2D eigenvalue weighted by Gasteiger charge is 2.22. The van der Waals surface area contributed by atoms with Gasteiger partial charge < -0.3 is 31.8 Å². The van der Waals surface area contributed by atoms with Gasteiger partial charge in [0.15, 0.2) is 0 Å². The average molecular weight is 431 g/mol. The lowest BCUT2D eigenvalue weighted by Crippen LogP contribution is -2.49. The largest absolute Gasteiger partial charge is 0.480 e. The van der Waals surface area contributed by atoms with Gasteiger partial charge in [0.2, 0.25) is 17.7 Å². The summed E-state index contributed by atoms with van der Waals surface area (Å²) in [6.45, 7) is 3.13. The van der Waals surface area contributed by atoms with Crippen LogP contribution in [0.25, 0.3) is 10.9 Å². The molecule has 10 heteroatoms. The Kier molecular flexibility index (Phi) is 8.56. The highest BCUT2D eigenvalue weighted by Crippen LogP contribution is 2.19. The zero-order valence-electron chi connectivity index (χ0n) is 17.6. The summed E-state index contributed by atoms with van der Waals surface area (Å²) in [5, 5.41) is 17.5. The van der Waals surface area contributed by atoms with Gasteiger partial charge in [-0.2, -0.15) is 0 Å². The van der Waals surface area contributed by atoms with Gasteiger partial charge in [0.25, 0.3) is 0 Å². The van der Waals surface area contributed by atoms with Gasteiger partial charge in [-0.1, -0.05) is 32.0 Å². The van der Waals surface area contributed by atoms with Crippen LogP contribution >= 0.6 is 0 Å². The highest BCUT2D eigenvalue weighted by molar-refractivity contribution is 5.91. The van der Waals surface area contributed by atoms with Gasteiger partial charge in [-0.3, -0.25) is 14.4 Å². The fourth-order valence-electron chi connectivity index (χ4n) is 3.12. The number of fused-ring (bicyclic) bond motifs is 1. The minimum absolute atomic E-state index is 0.0861. The van der Waals surface area contributed by atoms with Crippen molar-refractivity contribution in [1.82, 2.24) is 20.9 Å². The third-order valence-corrected chi connectivity index (χ3v) is 4.66. The number of aliphatic carboxylic acids is 1. The second-order valence-corrected chi connectivity index (χ2v) is 7.75. The SMILES string of the molecule is CC(C)CC(N)C(=O)NCC(=O)NCC(=O)NC(Cc1c[nH]c2ccccc12)C(=O)O. The average Bonchev–Trinajstić information content (AvgIpc) is 3.12. The molecule has 0 bridgehead atoms. The Balaban J connectivity index is 1.80. The quantitative estimate of drug-likeness (QED) is 0.290. The van der Waals surface area contributed by atoms with Crippen LogP contribution in [0.2, 0.25) is 0 Å². The Morgan fingerprint density at radius 2 is 1.74 bits per heavy atom. The van der Waals surface area contributed by atoms with Gasteiger partial charge in [0.1, 0.15) is 6.04 Å². The summed E-state index contributed by atoms with van der Waals surface area (Å²) in [7, 11) is 0. The maximum Gasteiger partial charge on any atom is 0.326 e. The van der Waals surface area contributed by atoms with Gasteiger partial charge in [0, 0.05) is 23.5 Å². The van der Waals surface area contributed by atoms with E-state index < -0.39 is 42.3 Å². The minimum atomic E-state index is -1.18. The normalized spacial score (nSPS) is 12.9. The standard InChI is InChI=1S/C21H29N5O5/c1-12(2)7-15(22)20(29)25-10-18(27)24-11-19(28)26-17(21(30)31)8-13-9-23-16-6-4-3-5-14(13)16/h3-6,9,12,15,17,23H,7-8,10-11,22H2,1-2H3,(H,24,27)(H,25,29)(H,26,28)(H,30,31). The molecule has 2 atom stereocenters. The predicted molar refractivity (Wildman–Crippen MR) is 115 cm³/mol. The Hall–Kier alpha value is -3.40. The van der Waals surface area contributed by atoms with Crippen LogP contribution < -0.4 is 21.7 Å². The number of carboxylic acids is 1. The van der Waals surface area contributed by atoms with E-state index in [4.69, 9.17) is 5.73 Å². The van der Waals surface area contributed by atoms with Crippen LogP contribution in [0.4, 0.5) is 0 Å². The van der Waals surface area contributed by atoms with E-state index in [-0.39, 0.29) is 18.9 Å². The Morgan fingerprint density at radius 1 is 1.06 bits per heavy atom. The van der Waals surface area contributed by atoms with E-state index in [1.165, 1.54) is 0 Å². The predicted octanol–water partition coefficient (Wildman–Crippen LogP) is -0.114. The third-order valence-electron chi connectivity index (χ3n) is 4.66. The molecule has 2 rings (SSSR count). The smallest absolute Gasteiger partial charge is 0.326 e. The summed E-state index contributed by atoms with van der Waals surface area (Å²) < 4.78 is 0. The van der Waals surface area contributed by atoms with Crippen molar-refractivity contribution in [2.45, 2.75) is 38.8 Å². The van der Waals surface area contributed by atoms with E-state index >= 15 is 0 Å². The third kappa shape index (κ3) is 7.41. The molecular weight excluding hydrogens is 402 g/mol. The molecule has 0 spiro atoms. The first kappa shape index (κ1) is 23.9. The van der Waals surface area contributed by atoms with E-state index in [2.05, 4.69) is 20.9 Å². The maximum absolute atomic E-state index is 12.1. The van der Waals surface area contributed by atoms with E-state index in [9.17, 15) is 24.3 Å². The number of para-hydroxylation sites is 1. The van der Waals surface area contributed by atoms with Crippen LogP contribution in [0, 0.1) is 5.92 Å². The summed E-state index contributed by atoms with van der Waals surface area (Å²) >= 11 is 0. The summed E-state index contributed by atoms with van der Waals surface area (Å²) in [6, 6.07) is 5.58. The van der Waals surface area contributed by atoms with E-state index in [1.807, 2.05) is 38.1 Å². The van der Waals surface area contributed by atoms with Crippen molar-refractivity contribution >= 4 is 34.6 Å². The molecule has 1 aromatic carbocycles. The monoisotopic (exact) mass is 431 g/mol. The first-order valence-corrected chi connectivity index (χ1v) is 10.0.